The normalized spacial score (nSPS) is 11.2. The molecule has 2 aromatic rings. The maximum absolute atomic E-state index is 13.1. The molecule has 0 unspecified atom stereocenters. The quantitative estimate of drug-likeness (QED) is 0.493. The van der Waals surface area contributed by atoms with E-state index < -0.39 is 34.2 Å². The Morgan fingerprint density at radius 1 is 1.19 bits per heavy atom. The van der Waals surface area contributed by atoms with Crippen LogP contribution >= 0.6 is 0 Å². The van der Waals surface area contributed by atoms with Crippen LogP contribution < -0.4 is 4.74 Å². The van der Waals surface area contributed by atoms with Crippen molar-refractivity contribution in [3.05, 3.63) is 52.1 Å². The molecular formula is C11H5F4N3O3. The first kappa shape index (κ1) is 14.6. The number of rotatable bonds is 3. The molecule has 0 aliphatic rings. The van der Waals surface area contributed by atoms with E-state index in [2.05, 4.69) is 9.97 Å². The Labute approximate surface area is 114 Å². The van der Waals surface area contributed by atoms with Gasteiger partial charge in [0.1, 0.15) is 24.0 Å². The molecule has 110 valence electrons. The fourth-order valence-electron chi connectivity index (χ4n) is 1.35. The first-order valence-corrected chi connectivity index (χ1v) is 5.28. The maximum Gasteiger partial charge on any atom is 0.419 e. The Morgan fingerprint density at radius 3 is 2.33 bits per heavy atom. The van der Waals surface area contributed by atoms with Gasteiger partial charge in [0.2, 0.25) is 0 Å². The van der Waals surface area contributed by atoms with Crippen molar-refractivity contribution in [3.8, 4) is 11.8 Å². The molecule has 6 nitrogen and oxygen atoms in total. The fourth-order valence-corrected chi connectivity index (χ4v) is 1.35. The summed E-state index contributed by atoms with van der Waals surface area (Å²) < 4.78 is 55.5. The Morgan fingerprint density at radius 2 is 1.81 bits per heavy atom. The lowest BCUT2D eigenvalue weighted by Gasteiger charge is -2.10. The van der Waals surface area contributed by atoms with Crippen LogP contribution in [0.3, 0.4) is 0 Å². The van der Waals surface area contributed by atoms with E-state index in [0.717, 1.165) is 18.5 Å². The van der Waals surface area contributed by atoms with Crippen LogP contribution in [-0.4, -0.2) is 14.9 Å². The maximum atomic E-state index is 13.1. The van der Waals surface area contributed by atoms with Crippen LogP contribution in [-0.2, 0) is 6.18 Å². The molecular weight excluding hydrogens is 298 g/mol. The van der Waals surface area contributed by atoms with Crippen molar-refractivity contribution in [3.63, 3.8) is 0 Å². The van der Waals surface area contributed by atoms with Gasteiger partial charge in [0.15, 0.2) is 0 Å². The molecule has 10 heteroatoms. The first-order valence-electron chi connectivity index (χ1n) is 5.28. The smallest absolute Gasteiger partial charge is 0.419 e. The molecule has 0 aliphatic carbocycles. The van der Waals surface area contributed by atoms with Crippen molar-refractivity contribution in [1.82, 2.24) is 9.97 Å². The van der Waals surface area contributed by atoms with Crippen molar-refractivity contribution in [2.45, 2.75) is 6.18 Å². The van der Waals surface area contributed by atoms with E-state index in [9.17, 15) is 27.7 Å². The molecule has 0 radical (unpaired) electrons. The highest BCUT2D eigenvalue weighted by molar-refractivity contribution is 5.33. The number of hydrogen-bond donors (Lipinski definition) is 0. The van der Waals surface area contributed by atoms with Crippen molar-refractivity contribution < 1.29 is 27.2 Å². The van der Waals surface area contributed by atoms with E-state index in [1.165, 1.54) is 0 Å². The third kappa shape index (κ3) is 3.41. The van der Waals surface area contributed by atoms with Gasteiger partial charge < -0.3 is 4.74 Å². The summed E-state index contributed by atoms with van der Waals surface area (Å²) in [6.07, 6.45) is -3.22. The number of halogens is 4. The molecule has 21 heavy (non-hydrogen) atoms. The van der Waals surface area contributed by atoms with Gasteiger partial charge in [-0.1, -0.05) is 0 Å². The van der Waals surface area contributed by atoms with Crippen LogP contribution in [0.4, 0.5) is 23.2 Å². The third-order valence-electron chi connectivity index (χ3n) is 2.28. The molecule has 0 atom stereocenters. The number of nitro groups is 1. The lowest BCUT2D eigenvalue weighted by atomic mass is 10.2. The molecule has 0 saturated carbocycles. The van der Waals surface area contributed by atoms with E-state index in [1.807, 2.05) is 0 Å². The monoisotopic (exact) mass is 303 g/mol. The molecule has 0 amide bonds. The van der Waals surface area contributed by atoms with Gasteiger partial charge in [0, 0.05) is 0 Å². The highest BCUT2D eigenvalue weighted by Crippen LogP contribution is 2.34. The summed E-state index contributed by atoms with van der Waals surface area (Å²) >= 11 is 0. The largest absolute Gasteiger partial charge is 0.424 e. The SMILES string of the molecule is O=[N+]([O-])c1cnc(Oc2ccc(F)c(C(F)(F)F)c2)nc1. The zero-order chi connectivity index (χ0) is 15.6. The van der Waals surface area contributed by atoms with E-state index in [0.29, 0.717) is 12.1 Å². The molecule has 0 spiro atoms. The summed E-state index contributed by atoms with van der Waals surface area (Å²) in [7, 11) is 0. The first-order chi connectivity index (χ1) is 9.77. The summed E-state index contributed by atoms with van der Waals surface area (Å²) in [6.45, 7) is 0. The molecule has 0 fully saturated rings. The standard InChI is InChI=1S/C11H5F4N3O3/c12-9-2-1-7(3-8(9)11(13,14)15)21-10-16-4-6(5-17-10)18(19)20/h1-5H. The van der Waals surface area contributed by atoms with Gasteiger partial charge in [-0.2, -0.15) is 23.1 Å². The van der Waals surface area contributed by atoms with Gasteiger partial charge in [0.25, 0.3) is 0 Å². The van der Waals surface area contributed by atoms with Gasteiger partial charge in [-0.15, -0.1) is 0 Å². The number of benzene rings is 1. The Hall–Kier alpha value is -2.78. The lowest BCUT2D eigenvalue weighted by molar-refractivity contribution is -0.385. The summed E-state index contributed by atoms with van der Waals surface area (Å²) in [5.41, 5.74) is -1.90. The molecule has 0 N–H and O–H groups in total. The second-order valence-electron chi connectivity index (χ2n) is 3.72. The predicted molar refractivity (Wildman–Crippen MR) is 60.2 cm³/mol. The number of alkyl halides is 3. The highest BCUT2D eigenvalue weighted by atomic mass is 19.4. The van der Waals surface area contributed by atoms with E-state index >= 15 is 0 Å². The van der Waals surface area contributed by atoms with Gasteiger partial charge in [-0.3, -0.25) is 10.1 Å². The summed E-state index contributed by atoms with van der Waals surface area (Å²) in [5, 5.41) is 10.4. The predicted octanol–water partition coefficient (Wildman–Crippen LogP) is 3.34. The van der Waals surface area contributed by atoms with Crippen molar-refractivity contribution in [2.24, 2.45) is 0 Å². The van der Waals surface area contributed by atoms with Crippen LogP contribution in [0.2, 0.25) is 0 Å². The Bertz CT molecular complexity index is 673. The van der Waals surface area contributed by atoms with Crippen molar-refractivity contribution >= 4 is 5.69 Å². The Balaban J connectivity index is 2.26. The fraction of sp³-hybridized carbons (Fsp3) is 0.0909. The summed E-state index contributed by atoms with van der Waals surface area (Å²) in [4.78, 5) is 16.6. The van der Waals surface area contributed by atoms with Crippen LogP contribution in [0, 0.1) is 15.9 Å². The average molecular weight is 303 g/mol. The lowest BCUT2D eigenvalue weighted by Crippen LogP contribution is -2.08. The van der Waals surface area contributed by atoms with Crippen LogP contribution in [0.15, 0.2) is 30.6 Å². The number of aromatic nitrogens is 2. The number of nitrogens with zero attached hydrogens (tertiary/aromatic N) is 3. The van der Waals surface area contributed by atoms with Gasteiger partial charge >= 0.3 is 17.9 Å². The van der Waals surface area contributed by atoms with Gasteiger partial charge in [-0.25, -0.2) is 4.39 Å². The second-order valence-corrected chi connectivity index (χ2v) is 3.72. The number of hydrogen-bond acceptors (Lipinski definition) is 5. The minimum atomic E-state index is -4.88. The van der Waals surface area contributed by atoms with Crippen LogP contribution in [0.5, 0.6) is 11.8 Å². The highest BCUT2D eigenvalue weighted by Gasteiger charge is 2.34. The minimum absolute atomic E-state index is 0.349. The van der Waals surface area contributed by atoms with Crippen molar-refractivity contribution in [2.75, 3.05) is 0 Å². The average Bonchev–Trinajstić information content (AvgIpc) is 2.40. The molecule has 2 rings (SSSR count). The summed E-state index contributed by atoms with van der Waals surface area (Å²) in [6, 6.07) is 1.58. The topological polar surface area (TPSA) is 78.2 Å². The van der Waals surface area contributed by atoms with E-state index in [1.54, 1.807) is 0 Å². The van der Waals surface area contributed by atoms with Gasteiger partial charge in [-0.05, 0) is 18.2 Å². The second kappa shape index (κ2) is 5.31. The minimum Gasteiger partial charge on any atom is -0.424 e. The van der Waals surface area contributed by atoms with Gasteiger partial charge in [0.05, 0.1) is 10.5 Å². The van der Waals surface area contributed by atoms with Crippen LogP contribution in [0.1, 0.15) is 5.56 Å². The van der Waals surface area contributed by atoms with E-state index in [4.69, 9.17) is 4.74 Å². The molecule has 1 aromatic heterocycles. The van der Waals surface area contributed by atoms with Crippen LogP contribution in [0.25, 0.3) is 0 Å². The molecule has 0 bridgehead atoms. The molecule has 1 heterocycles. The molecule has 1 aromatic carbocycles. The zero-order valence-corrected chi connectivity index (χ0v) is 9.96. The summed E-state index contributed by atoms with van der Waals surface area (Å²) in [5.74, 6) is -1.79. The molecule has 0 aliphatic heterocycles. The third-order valence-corrected chi connectivity index (χ3v) is 2.28. The molecule has 0 saturated heterocycles. The van der Waals surface area contributed by atoms with E-state index in [-0.39, 0.29) is 5.75 Å². The zero-order valence-electron chi connectivity index (χ0n) is 9.96. The Kier molecular flexibility index (Phi) is 3.70. The van der Waals surface area contributed by atoms with Crippen molar-refractivity contribution in [1.29, 1.82) is 0 Å². The number of ether oxygens (including phenoxy) is 1.